The highest BCUT2D eigenvalue weighted by atomic mass is 19.1. The van der Waals surface area contributed by atoms with Crippen molar-refractivity contribution in [3.05, 3.63) is 29.7 Å². The lowest BCUT2D eigenvalue weighted by Gasteiger charge is -1.95. The van der Waals surface area contributed by atoms with Crippen LogP contribution in [0.3, 0.4) is 0 Å². The molecule has 2 rings (SSSR count). The van der Waals surface area contributed by atoms with Gasteiger partial charge in [-0.3, -0.25) is 9.48 Å². The molecule has 16 heavy (non-hydrogen) atoms. The van der Waals surface area contributed by atoms with E-state index in [0.717, 1.165) is 0 Å². The topological polar surface area (TPSA) is 55.1 Å². The first-order chi connectivity index (χ1) is 7.59. The SMILES string of the molecule is Cn1nc(CCC(=O)O)c2c(F)cccc21. The third-order valence-electron chi connectivity index (χ3n) is 2.48. The van der Waals surface area contributed by atoms with E-state index in [9.17, 15) is 9.18 Å². The number of carboxylic acid groups (broad SMARTS) is 1. The van der Waals surface area contributed by atoms with Crippen molar-refractivity contribution in [3.63, 3.8) is 0 Å². The summed E-state index contributed by atoms with van der Waals surface area (Å²) in [6.07, 6.45) is 0.202. The molecule has 0 bridgehead atoms. The second-order valence-corrected chi connectivity index (χ2v) is 3.60. The fourth-order valence-electron chi connectivity index (χ4n) is 1.75. The standard InChI is InChI=1S/C11H11FN2O2/c1-14-9-4-2-3-7(12)11(9)8(13-14)5-6-10(15)16/h2-4H,5-6H2,1H3,(H,15,16). The Hall–Kier alpha value is -1.91. The number of rotatable bonds is 3. The van der Waals surface area contributed by atoms with Gasteiger partial charge in [-0.05, 0) is 12.1 Å². The highest BCUT2D eigenvalue weighted by Crippen LogP contribution is 2.22. The Morgan fingerprint density at radius 3 is 3.00 bits per heavy atom. The summed E-state index contributed by atoms with van der Waals surface area (Å²) >= 11 is 0. The van der Waals surface area contributed by atoms with Crippen LogP contribution < -0.4 is 0 Å². The van der Waals surface area contributed by atoms with Gasteiger partial charge in [0, 0.05) is 13.5 Å². The van der Waals surface area contributed by atoms with Crippen molar-refractivity contribution in [3.8, 4) is 0 Å². The molecule has 0 atom stereocenters. The molecule has 1 heterocycles. The summed E-state index contributed by atoms with van der Waals surface area (Å²) < 4.78 is 15.1. The Morgan fingerprint density at radius 2 is 2.31 bits per heavy atom. The minimum Gasteiger partial charge on any atom is -0.481 e. The maximum absolute atomic E-state index is 13.6. The molecule has 0 aliphatic rings. The molecule has 2 aromatic rings. The van der Waals surface area contributed by atoms with Crippen LogP contribution >= 0.6 is 0 Å². The molecule has 1 aromatic carbocycles. The third-order valence-corrected chi connectivity index (χ3v) is 2.48. The Morgan fingerprint density at radius 1 is 1.56 bits per heavy atom. The highest BCUT2D eigenvalue weighted by Gasteiger charge is 2.13. The van der Waals surface area contributed by atoms with Crippen LogP contribution in [-0.4, -0.2) is 20.9 Å². The van der Waals surface area contributed by atoms with Crippen molar-refractivity contribution in [1.29, 1.82) is 0 Å². The number of aryl methyl sites for hydroxylation is 2. The van der Waals surface area contributed by atoms with E-state index in [2.05, 4.69) is 5.10 Å². The van der Waals surface area contributed by atoms with Gasteiger partial charge in [-0.1, -0.05) is 6.07 Å². The Labute approximate surface area is 91.3 Å². The molecule has 0 aliphatic carbocycles. The average molecular weight is 222 g/mol. The number of hydrogen-bond donors (Lipinski definition) is 1. The van der Waals surface area contributed by atoms with Gasteiger partial charge in [0.15, 0.2) is 0 Å². The van der Waals surface area contributed by atoms with Crippen LogP contribution in [-0.2, 0) is 18.3 Å². The Bertz CT molecular complexity index is 548. The summed E-state index contributed by atoms with van der Waals surface area (Å²) in [5.74, 6) is -1.26. The summed E-state index contributed by atoms with van der Waals surface area (Å²) in [6.45, 7) is 0. The van der Waals surface area contributed by atoms with Gasteiger partial charge in [0.2, 0.25) is 0 Å². The molecule has 1 aromatic heterocycles. The zero-order valence-electron chi connectivity index (χ0n) is 8.77. The van der Waals surface area contributed by atoms with Crippen LogP contribution in [0, 0.1) is 5.82 Å². The van der Waals surface area contributed by atoms with Crippen LogP contribution in [0.15, 0.2) is 18.2 Å². The van der Waals surface area contributed by atoms with Crippen molar-refractivity contribution < 1.29 is 14.3 Å². The van der Waals surface area contributed by atoms with Crippen LogP contribution in [0.4, 0.5) is 4.39 Å². The van der Waals surface area contributed by atoms with Gasteiger partial charge in [0.05, 0.1) is 23.0 Å². The quantitative estimate of drug-likeness (QED) is 0.860. The molecule has 0 fully saturated rings. The Balaban J connectivity index is 2.49. The average Bonchev–Trinajstić information content (AvgIpc) is 2.55. The van der Waals surface area contributed by atoms with Crippen LogP contribution in [0.1, 0.15) is 12.1 Å². The molecular formula is C11H11FN2O2. The molecule has 0 amide bonds. The van der Waals surface area contributed by atoms with E-state index in [1.54, 1.807) is 23.9 Å². The van der Waals surface area contributed by atoms with Crippen molar-refractivity contribution in [1.82, 2.24) is 9.78 Å². The second-order valence-electron chi connectivity index (χ2n) is 3.60. The lowest BCUT2D eigenvalue weighted by atomic mass is 10.1. The summed E-state index contributed by atoms with van der Waals surface area (Å²) in [5.41, 5.74) is 1.18. The van der Waals surface area contributed by atoms with Gasteiger partial charge in [-0.2, -0.15) is 5.10 Å². The molecular weight excluding hydrogens is 211 g/mol. The second kappa shape index (κ2) is 3.92. The number of nitrogens with zero attached hydrogens (tertiary/aromatic N) is 2. The number of fused-ring (bicyclic) bond motifs is 1. The summed E-state index contributed by atoms with van der Waals surface area (Å²) in [5, 5.41) is 13.2. The van der Waals surface area contributed by atoms with E-state index in [1.807, 2.05) is 0 Å². The summed E-state index contributed by atoms with van der Waals surface area (Å²) in [4.78, 5) is 10.5. The van der Waals surface area contributed by atoms with E-state index in [0.29, 0.717) is 16.6 Å². The lowest BCUT2D eigenvalue weighted by molar-refractivity contribution is -0.136. The molecule has 0 aliphatic heterocycles. The number of carboxylic acids is 1. The largest absolute Gasteiger partial charge is 0.481 e. The molecule has 84 valence electrons. The number of aromatic nitrogens is 2. The zero-order chi connectivity index (χ0) is 11.7. The number of carbonyl (C=O) groups is 1. The van der Waals surface area contributed by atoms with Crippen molar-refractivity contribution in [2.45, 2.75) is 12.8 Å². The van der Waals surface area contributed by atoms with Crippen molar-refractivity contribution >= 4 is 16.9 Å². The normalized spacial score (nSPS) is 10.9. The maximum atomic E-state index is 13.6. The fraction of sp³-hybridized carbons (Fsp3) is 0.273. The molecule has 1 N–H and O–H groups in total. The van der Waals surface area contributed by atoms with E-state index in [4.69, 9.17) is 5.11 Å². The summed E-state index contributed by atoms with van der Waals surface area (Å²) in [7, 11) is 1.71. The van der Waals surface area contributed by atoms with Crippen LogP contribution in [0.5, 0.6) is 0 Å². The van der Waals surface area contributed by atoms with Crippen LogP contribution in [0.25, 0.3) is 10.9 Å². The summed E-state index contributed by atoms with van der Waals surface area (Å²) in [6, 6.07) is 4.73. The number of hydrogen-bond acceptors (Lipinski definition) is 2. The predicted molar refractivity (Wildman–Crippen MR) is 56.6 cm³/mol. The van der Waals surface area contributed by atoms with Gasteiger partial charge < -0.3 is 5.11 Å². The molecule has 5 heteroatoms. The minimum atomic E-state index is -0.907. The smallest absolute Gasteiger partial charge is 0.303 e. The highest BCUT2D eigenvalue weighted by molar-refractivity contribution is 5.83. The maximum Gasteiger partial charge on any atom is 0.303 e. The van der Waals surface area contributed by atoms with Gasteiger partial charge in [-0.25, -0.2) is 4.39 Å². The molecule has 0 saturated heterocycles. The zero-order valence-corrected chi connectivity index (χ0v) is 8.77. The van der Waals surface area contributed by atoms with Gasteiger partial charge in [-0.15, -0.1) is 0 Å². The number of aliphatic carboxylic acids is 1. The van der Waals surface area contributed by atoms with E-state index in [1.165, 1.54) is 6.07 Å². The van der Waals surface area contributed by atoms with Crippen molar-refractivity contribution in [2.75, 3.05) is 0 Å². The minimum absolute atomic E-state index is 0.0412. The molecule has 0 saturated carbocycles. The van der Waals surface area contributed by atoms with Gasteiger partial charge in [0.1, 0.15) is 5.82 Å². The molecule has 0 unspecified atom stereocenters. The predicted octanol–water partition coefficient (Wildman–Crippen LogP) is 1.73. The lowest BCUT2D eigenvalue weighted by Crippen LogP contribution is -1.99. The fourth-order valence-corrected chi connectivity index (χ4v) is 1.75. The first-order valence-corrected chi connectivity index (χ1v) is 4.91. The third kappa shape index (κ3) is 1.76. The van der Waals surface area contributed by atoms with E-state index >= 15 is 0 Å². The number of halogens is 1. The first-order valence-electron chi connectivity index (χ1n) is 4.91. The van der Waals surface area contributed by atoms with E-state index in [-0.39, 0.29) is 18.7 Å². The monoisotopic (exact) mass is 222 g/mol. The Kier molecular flexibility index (Phi) is 2.60. The van der Waals surface area contributed by atoms with Crippen LogP contribution in [0.2, 0.25) is 0 Å². The molecule has 0 spiro atoms. The van der Waals surface area contributed by atoms with Gasteiger partial charge >= 0.3 is 5.97 Å². The van der Waals surface area contributed by atoms with E-state index < -0.39 is 5.97 Å². The molecule has 4 nitrogen and oxygen atoms in total. The first kappa shape index (κ1) is 10.6. The number of benzene rings is 1. The van der Waals surface area contributed by atoms with Gasteiger partial charge in [0.25, 0.3) is 0 Å². The van der Waals surface area contributed by atoms with Crippen molar-refractivity contribution in [2.24, 2.45) is 7.05 Å². The molecule has 0 radical (unpaired) electrons.